The van der Waals surface area contributed by atoms with Crippen LogP contribution in [0.2, 0.25) is 0 Å². The van der Waals surface area contributed by atoms with Gasteiger partial charge in [-0.05, 0) is 36.3 Å². The van der Waals surface area contributed by atoms with Gasteiger partial charge < -0.3 is 19.7 Å². The number of benzene rings is 2. The monoisotopic (exact) mass is 391 g/mol. The second-order valence-corrected chi connectivity index (χ2v) is 6.67. The maximum absolute atomic E-state index is 12.6. The minimum atomic E-state index is -0.198. The minimum Gasteiger partial charge on any atom is -0.495 e. The van der Waals surface area contributed by atoms with Crippen LogP contribution in [-0.4, -0.2) is 40.8 Å². The molecule has 3 rings (SSSR count). The number of methoxy groups -OCH3 is 1. The lowest BCUT2D eigenvalue weighted by atomic mass is 10.0. The average Bonchev–Trinajstić information content (AvgIpc) is 3.18. The van der Waals surface area contributed by atoms with E-state index in [-0.39, 0.29) is 19.1 Å². The molecule has 0 atom stereocenters. The van der Waals surface area contributed by atoms with Crippen molar-refractivity contribution in [3.8, 4) is 11.4 Å². The molecule has 2 aromatic carbocycles. The number of aryl methyl sites for hydroxylation is 1. The SMILES string of the molecule is COc1cc(C=C(Cc2ccccc2)C(=O)NCCO)ccc1-n1cnc(C)c1. The standard InChI is InChI=1S/C23H25N3O3/c1-17-15-26(16-25-17)21-9-8-19(14-22(21)29-2)13-20(23(28)24-10-11-27)12-18-6-4-3-5-7-18/h3-9,13-16,27H,10-12H2,1-2H3,(H,24,28). The van der Waals surface area contributed by atoms with Crippen LogP contribution in [0, 0.1) is 6.92 Å². The van der Waals surface area contributed by atoms with Crippen molar-refractivity contribution >= 4 is 12.0 Å². The Kier molecular flexibility index (Phi) is 6.81. The molecule has 29 heavy (non-hydrogen) atoms. The number of hydrogen-bond acceptors (Lipinski definition) is 4. The van der Waals surface area contributed by atoms with E-state index in [1.54, 1.807) is 13.4 Å². The molecule has 0 aliphatic carbocycles. The summed E-state index contributed by atoms with van der Waals surface area (Å²) in [7, 11) is 1.62. The Labute approximate surface area is 170 Å². The van der Waals surface area contributed by atoms with Gasteiger partial charge in [0, 0.05) is 24.7 Å². The molecule has 6 nitrogen and oxygen atoms in total. The van der Waals surface area contributed by atoms with E-state index in [2.05, 4.69) is 10.3 Å². The van der Waals surface area contributed by atoms with Gasteiger partial charge in [0.1, 0.15) is 5.75 Å². The van der Waals surface area contributed by atoms with Crippen molar-refractivity contribution in [1.29, 1.82) is 0 Å². The summed E-state index contributed by atoms with van der Waals surface area (Å²) in [5.74, 6) is 0.488. The van der Waals surface area contributed by atoms with Gasteiger partial charge in [0.2, 0.25) is 5.91 Å². The molecule has 3 aromatic rings. The van der Waals surface area contributed by atoms with Crippen molar-refractivity contribution in [1.82, 2.24) is 14.9 Å². The molecular formula is C23H25N3O3. The Morgan fingerprint density at radius 3 is 2.69 bits per heavy atom. The second kappa shape index (κ2) is 9.71. The number of carbonyl (C=O) groups excluding carboxylic acids is 1. The summed E-state index contributed by atoms with van der Waals surface area (Å²) in [5, 5.41) is 11.8. The molecule has 0 aliphatic rings. The molecule has 1 amide bonds. The largest absolute Gasteiger partial charge is 0.495 e. The van der Waals surface area contributed by atoms with Crippen LogP contribution in [0.15, 0.2) is 66.6 Å². The van der Waals surface area contributed by atoms with Crippen LogP contribution >= 0.6 is 0 Å². The van der Waals surface area contributed by atoms with Crippen molar-refractivity contribution in [2.45, 2.75) is 13.3 Å². The maximum Gasteiger partial charge on any atom is 0.247 e. The molecule has 150 valence electrons. The van der Waals surface area contributed by atoms with Crippen molar-refractivity contribution in [2.24, 2.45) is 0 Å². The molecule has 0 spiro atoms. The summed E-state index contributed by atoms with van der Waals surface area (Å²) >= 11 is 0. The molecule has 2 N–H and O–H groups in total. The lowest BCUT2D eigenvalue weighted by Gasteiger charge is -2.12. The number of amides is 1. The van der Waals surface area contributed by atoms with Gasteiger partial charge in [0.25, 0.3) is 0 Å². The summed E-state index contributed by atoms with van der Waals surface area (Å²) in [5.41, 5.74) is 4.29. The average molecular weight is 391 g/mol. The zero-order valence-corrected chi connectivity index (χ0v) is 16.6. The van der Waals surface area contributed by atoms with Crippen molar-refractivity contribution in [2.75, 3.05) is 20.3 Å². The summed E-state index contributed by atoms with van der Waals surface area (Å²) in [6.45, 7) is 2.05. The fraction of sp³-hybridized carbons (Fsp3) is 0.217. The van der Waals surface area contributed by atoms with E-state index in [1.807, 2.05) is 72.3 Å². The van der Waals surface area contributed by atoms with Gasteiger partial charge in [0.05, 0.1) is 31.4 Å². The van der Waals surface area contributed by atoms with Gasteiger partial charge in [-0.3, -0.25) is 4.79 Å². The molecule has 0 aliphatic heterocycles. The smallest absolute Gasteiger partial charge is 0.247 e. The second-order valence-electron chi connectivity index (χ2n) is 6.67. The van der Waals surface area contributed by atoms with Gasteiger partial charge in [-0.2, -0.15) is 0 Å². The van der Waals surface area contributed by atoms with Crippen LogP contribution in [-0.2, 0) is 11.2 Å². The zero-order chi connectivity index (χ0) is 20.6. The fourth-order valence-corrected chi connectivity index (χ4v) is 3.05. The summed E-state index contributed by atoms with van der Waals surface area (Å²) in [6, 6.07) is 15.6. The van der Waals surface area contributed by atoms with E-state index >= 15 is 0 Å². The van der Waals surface area contributed by atoms with E-state index in [4.69, 9.17) is 9.84 Å². The van der Waals surface area contributed by atoms with E-state index in [9.17, 15) is 4.79 Å². The Morgan fingerprint density at radius 2 is 2.03 bits per heavy atom. The van der Waals surface area contributed by atoms with Crippen molar-refractivity contribution in [3.63, 3.8) is 0 Å². The number of nitrogens with zero attached hydrogens (tertiary/aromatic N) is 2. The van der Waals surface area contributed by atoms with E-state index < -0.39 is 0 Å². The van der Waals surface area contributed by atoms with Gasteiger partial charge in [-0.1, -0.05) is 36.4 Å². The first-order valence-electron chi connectivity index (χ1n) is 9.43. The van der Waals surface area contributed by atoms with Crippen LogP contribution in [0.4, 0.5) is 0 Å². The number of hydrogen-bond donors (Lipinski definition) is 2. The Morgan fingerprint density at radius 1 is 1.24 bits per heavy atom. The summed E-state index contributed by atoms with van der Waals surface area (Å²) in [4.78, 5) is 16.9. The number of aliphatic hydroxyl groups excluding tert-OH is 1. The number of ether oxygens (including phenoxy) is 1. The van der Waals surface area contributed by atoms with Crippen molar-refractivity contribution in [3.05, 3.63) is 83.4 Å². The number of aliphatic hydroxyl groups is 1. The Hall–Kier alpha value is -3.38. The van der Waals surface area contributed by atoms with E-state index in [0.29, 0.717) is 17.7 Å². The Balaban J connectivity index is 1.94. The topological polar surface area (TPSA) is 76.4 Å². The zero-order valence-electron chi connectivity index (χ0n) is 16.6. The van der Waals surface area contributed by atoms with Crippen LogP contribution in [0.1, 0.15) is 16.8 Å². The molecule has 0 fully saturated rings. The molecule has 0 bridgehead atoms. The third-order valence-corrected chi connectivity index (χ3v) is 4.46. The van der Waals surface area contributed by atoms with Crippen molar-refractivity contribution < 1.29 is 14.6 Å². The molecule has 0 saturated carbocycles. The van der Waals surface area contributed by atoms with Crippen LogP contribution in [0.3, 0.4) is 0 Å². The quantitative estimate of drug-likeness (QED) is 0.579. The third-order valence-electron chi connectivity index (χ3n) is 4.46. The van der Waals surface area contributed by atoms with Gasteiger partial charge in [-0.25, -0.2) is 4.98 Å². The molecule has 0 radical (unpaired) electrons. The van der Waals surface area contributed by atoms with Crippen LogP contribution in [0.5, 0.6) is 5.75 Å². The highest BCUT2D eigenvalue weighted by Gasteiger charge is 2.12. The van der Waals surface area contributed by atoms with E-state index in [1.165, 1.54) is 0 Å². The number of carbonyl (C=O) groups is 1. The molecule has 1 heterocycles. The molecular weight excluding hydrogens is 366 g/mol. The predicted octanol–water partition coefficient (Wildman–Crippen LogP) is 2.92. The number of nitrogens with one attached hydrogen (secondary N) is 1. The van der Waals surface area contributed by atoms with Gasteiger partial charge in [-0.15, -0.1) is 0 Å². The number of aromatic nitrogens is 2. The minimum absolute atomic E-state index is 0.100. The summed E-state index contributed by atoms with van der Waals surface area (Å²) < 4.78 is 7.47. The molecule has 6 heteroatoms. The van der Waals surface area contributed by atoms with E-state index in [0.717, 1.165) is 22.5 Å². The first kappa shape index (κ1) is 20.4. The number of imidazole rings is 1. The first-order valence-corrected chi connectivity index (χ1v) is 9.43. The maximum atomic E-state index is 12.6. The van der Waals surface area contributed by atoms with Crippen LogP contribution in [0.25, 0.3) is 11.8 Å². The van der Waals surface area contributed by atoms with Gasteiger partial charge in [0.15, 0.2) is 0 Å². The highest BCUT2D eigenvalue weighted by molar-refractivity contribution is 5.98. The lowest BCUT2D eigenvalue weighted by Crippen LogP contribution is -2.28. The summed E-state index contributed by atoms with van der Waals surface area (Å²) in [6.07, 6.45) is 6.01. The lowest BCUT2D eigenvalue weighted by molar-refractivity contribution is -0.117. The normalized spacial score (nSPS) is 11.3. The first-order chi connectivity index (χ1) is 14.1. The number of rotatable bonds is 8. The van der Waals surface area contributed by atoms with Crippen LogP contribution < -0.4 is 10.1 Å². The molecule has 1 aromatic heterocycles. The highest BCUT2D eigenvalue weighted by Crippen LogP contribution is 2.26. The molecule has 0 saturated heterocycles. The van der Waals surface area contributed by atoms with Gasteiger partial charge >= 0.3 is 0 Å². The predicted molar refractivity (Wildman–Crippen MR) is 113 cm³/mol. The Bertz CT molecular complexity index is 994. The third kappa shape index (κ3) is 5.33. The highest BCUT2D eigenvalue weighted by atomic mass is 16.5. The fourth-order valence-electron chi connectivity index (χ4n) is 3.05. The molecule has 0 unspecified atom stereocenters.